The average molecular weight is 364 g/mol. The van der Waals surface area contributed by atoms with E-state index in [2.05, 4.69) is 10.2 Å². The predicted molar refractivity (Wildman–Crippen MR) is 102 cm³/mol. The molecule has 0 aliphatic rings. The molecule has 0 aliphatic carbocycles. The average Bonchev–Trinajstić information content (AvgIpc) is 2.96. The third-order valence-corrected chi connectivity index (χ3v) is 3.79. The van der Waals surface area contributed by atoms with Gasteiger partial charge in [0.25, 0.3) is 0 Å². The van der Waals surface area contributed by atoms with Gasteiger partial charge in [0.15, 0.2) is 5.82 Å². The number of esters is 1. The normalized spacial score (nSPS) is 11.0. The van der Waals surface area contributed by atoms with Gasteiger partial charge in [0.05, 0.1) is 12.8 Å². The lowest BCUT2D eigenvalue weighted by molar-refractivity contribution is -0.144. The molecular weight excluding hydrogens is 344 g/mol. The van der Waals surface area contributed by atoms with E-state index in [1.165, 1.54) is 4.68 Å². The van der Waals surface area contributed by atoms with E-state index in [4.69, 9.17) is 4.74 Å². The summed E-state index contributed by atoms with van der Waals surface area (Å²) in [6.07, 6.45) is 2.00. The molecule has 0 radical (unpaired) electrons. The molecule has 0 unspecified atom stereocenters. The summed E-state index contributed by atoms with van der Waals surface area (Å²) in [6.45, 7) is 1.71. The summed E-state index contributed by atoms with van der Waals surface area (Å²) < 4.78 is 7.21. The van der Waals surface area contributed by atoms with Crippen LogP contribution >= 0.6 is 0 Å². The van der Waals surface area contributed by atoms with Gasteiger partial charge in [0, 0.05) is 6.42 Å². The molecule has 0 saturated heterocycles. The quantitative estimate of drug-likeness (QED) is 0.475. The van der Waals surface area contributed by atoms with Gasteiger partial charge >= 0.3 is 11.7 Å². The Morgan fingerprint density at radius 2 is 1.78 bits per heavy atom. The molecule has 1 aromatic heterocycles. The first-order valence-electron chi connectivity index (χ1n) is 8.65. The Morgan fingerprint density at radius 1 is 1.11 bits per heavy atom. The maximum absolute atomic E-state index is 12.7. The molecule has 0 amide bonds. The lowest BCUT2D eigenvalue weighted by Gasteiger charge is -2.00. The van der Waals surface area contributed by atoms with Gasteiger partial charge in [0.2, 0.25) is 0 Å². The van der Waals surface area contributed by atoms with Crippen LogP contribution in [0.1, 0.15) is 23.9 Å². The minimum Gasteiger partial charge on any atom is -0.465 e. The number of nitrogens with zero attached hydrogens (tertiary/aromatic N) is 4. The zero-order valence-corrected chi connectivity index (χ0v) is 15.0. The molecule has 138 valence electrons. The Kier molecular flexibility index (Phi) is 5.94. The summed E-state index contributed by atoms with van der Waals surface area (Å²) in [7, 11) is 0. The summed E-state index contributed by atoms with van der Waals surface area (Å²) in [4.78, 5) is 24.4. The van der Waals surface area contributed by atoms with Crippen molar-refractivity contribution in [1.29, 1.82) is 0 Å². The molecule has 7 heteroatoms. The highest BCUT2D eigenvalue weighted by molar-refractivity contribution is 5.79. The second kappa shape index (κ2) is 8.75. The summed E-state index contributed by atoms with van der Waals surface area (Å²) in [6, 6.07) is 19.1. The topological polar surface area (TPSA) is 78.5 Å². The number of ether oxygens (including phenoxy) is 1. The van der Waals surface area contributed by atoms with Gasteiger partial charge < -0.3 is 4.74 Å². The Bertz CT molecular complexity index is 975. The van der Waals surface area contributed by atoms with Crippen molar-refractivity contribution in [2.45, 2.75) is 19.9 Å². The molecule has 3 rings (SSSR count). The summed E-state index contributed by atoms with van der Waals surface area (Å²) in [5.74, 6) is -0.0646. The van der Waals surface area contributed by atoms with E-state index in [9.17, 15) is 9.59 Å². The molecule has 2 aromatic carbocycles. The molecule has 7 nitrogen and oxygen atoms in total. The second-order valence-electron chi connectivity index (χ2n) is 5.79. The number of benzene rings is 2. The van der Waals surface area contributed by atoms with Gasteiger partial charge in [-0.15, -0.1) is 0 Å². The van der Waals surface area contributed by atoms with E-state index >= 15 is 0 Å². The molecule has 27 heavy (non-hydrogen) atoms. The Balaban J connectivity index is 1.95. The van der Waals surface area contributed by atoms with Crippen LogP contribution in [0.2, 0.25) is 0 Å². The van der Waals surface area contributed by atoms with E-state index in [0.29, 0.717) is 12.2 Å². The van der Waals surface area contributed by atoms with Crippen LogP contribution in [-0.4, -0.2) is 33.2 Å². The van der Waals surface area contributed by atoms with Crippen LogP contribution in [0.25, 0.3) is 0 Å². The summed E-state index contributed by atoms with van der Waals surface area (Å²) in [5, 5.41) is 8.58. The second-order valence-corrected chi connectivity index (χ2v) is 5.79. The number of carbonyl (C=O) groups excluding carboxylic acids is 1. The van der Waals surface area contributed by atoms with Crippen LogP contribution < -0.4 is 5.69 Å². The molecule has 0 N–H and O–H groups in total. The van der Waals surface area contributed by atoms with Crippen LogP contribution in [0.3, 0.4) is 0 Å². The van der Waals surface area contributed by atoms with Crippen LogP contribution in [0.15, 0.2) is 70.6 Å². The van der Waals surface area contributed by atoms with Crippen molar-refractivity contribution in [1.82, 2.24) is 14.5 Å². The third-order valence-electron chi connectivity index (χ3n) is 3.79. The Morgan fingerprint density at radius 3 is 2.44 bits per heavy atom. The van der Waals surface area contributed by atoms with Crippen LogP contribution in [0.4, 0.5) is 0 Å². The number of carbonyl (C=O) groups is 1. The smallest absolute Gasteiger partial charge is 0.367 e. The molecule has 0 aliphatic heterocycles. The predicted octanol–water partition coefficient (Wildman–Crippen LogP) is 2.08. The first-order chi connectivity index (χ1) is 13.2. The molecule has 0 fully saturated rings. The molecule has 0 atom stereocenters. The van der Waals surface area contributed by atoms with Crippen molar-refractivity contribution in [3.05, 3.63) is 88.1 Å². The number of hydrogen-bond donors (Lipinski definition) is 0. The van der Waals surface area contributed by atoms with Crippen molar-refractivity contribution < 1.29 is 9.53 Å². The molecule has 3 aromatic rings. The molecular formula is C20H20N4O3. The van der Waals surface area contributed by atoms with Gasteiger partial charge in [-0.2, -0.15) is 14.9 Å². The van der Waals surface area contributed by atoms with E-state index in [1.807, 2.05) is 60.7 Å². The van der Waals surface area contributed by atoms with E-state index in [1.54, 1.807) is 13.1 Å². The standard InChI is InChI=1S/C20H20N4O3/c1-2-27-19(25)15-23-20(26)24(21-14-17-11-7-4-8-12-17)18(22-23)13-16-9-5-3-6-10-16/h3-12,14H,2,13,15H2,1H3/b21-14+. The van der Waals surface area contributed by atoms with Crippen molar-refractivity contribution in [2.24, 2.45) is 5.10 Å². The zero-order valence-electron chi connectivity index (χ0n) is 15.0. The highest BCUT2D eigenvalue weighted by Crippen LogP contribution is 2.06. The van der Waals surface area contributed by atoms with Gasteiger partial charge in [-0.05, 0) is 18.1 Å². The minimum absolute atomic E-state index is 0.247. The number of hydrogen-bond acceptors (Lipinski definition) is 5. The molecule has 0 bridgehead atoms. The van der Waals surface area contributed by atoms with Gasteiger partial charge in [0.1, 0.15) is 6.54 Å². The van der Waals surface area contributed by atoms with Crippen molar-refractivity contribution in [2.75, 3.05) is 6.61 Å². The highest BCUT2D eigenvalue weighted by Gasteiger charge is 2.16. The SMILES string of the molecule is CCOC(=O)Cn1nc(Cc2ccccc2)n(/N=C/c2ccccc2)c1=O. The first-order valence-corrected chi connectivity index (χ1v) is 8.65. The fourth-order valence-electron chi connectivity index (χ4n) is 2.54. The maximum Gasteiger partial charge on any atom is 0.367 e. The Labute approximate surface area is 156 Å². The van der Waals surface area contributed by atoms with Gasteiger partial charge in [-0.1, -0.05) is 60.7 Å². The van der Waals surface area contributed by atoms with E-state index < -0.39 is 11.7 Å². The van der Waals surface area contributed by atoms with Crippen LogP contribution in [0.5, 0.6) is 0 Å². The largest absolute Gasteiger partial charge is 0.465 e. The lowest BCUT2D eigenvalue weighted by Crippen LogP contribution is -2.27. The lowest BCUT2D eigenvalue weighted by atomic mass is 10.1. The summed E-state index contributed by atoms with van der Waals surface area (Å²) >= 11 is 0. The van der Waals surface area contributed by atoms with Gasteiger partial charge in [-0.25, -0.2) is 9.48 Å². The summed E-state index contributed by atoms with van der Waals surface area (Å²) in [5.41, 5.74) is 1.36. The van der Waals surface area contributed by atoms with E-state index in [-0.39, 0.29) is 13.2 Å². The van der Waals surface area contributed by atoms with Crippen molar-refractivity contribution in [3.63, 3.8) is 0 Å². The number of rotatable bonds is 7. The zero-order chi connectivity index (χ0) is 19.1. The van der Waals surface area contributed by atoms with Crippen LogP contribution in [0, 0.1) is 0 Å². The minimum atomic E-state index is -0.512. The van der Waals surface area contributed by atoms with Crippen molar-refractivity contribution >= 4 is 12.2 Å². The molecule has 0 spiro atoms. The third kappa shape index (κ3) is 4.78. The van der Waals surface area contributed by atoms with Gasteiger partial charge in [-0.3, -0.25) is 4.79 Å². The highest BCUT2D eigenvalue weighted by atomic mass is 16.5. The van der Waals surface area contributed by atoms with E-state index in [0.717, 1.165) is 15.8 Å². The molecule has 0 saturated carbocycles. The Hall–Kier alpha value is -3.48. The molecule has 1 heterocycles. The van der Waals surface area contributed by atoms with Crippen molar-refractivity contribution in [3.8, 4) is 0 Å². The first kappa shape index (κ1) is 18.3. The number of aromatic nitrogens is 3. The maximum atomic E-state index is 12.7. The fraction of sp³-hybridized carbons (Fsp3) is 0.200. The fourth-order valence-corrected chi connectivity index (χ4v) is 2.54. The monoisotopic (exact) mass is 364 g/mol. The van der Waals surface area contributed by atoms with Crippen LogP contribution in [-0.2, 0) is 22.5 Å².